The number of nitrogens with zero attached hydrogens (tertiary/aromatic N) is 2. The molecular formula is C15H25N3. The number of hydrogen-bond acceptors (Lipinski definition) is 3. The molecule has 2 N–H and O–H groups in total. The first-order valence-corrected chi connectivity index (χ1v) is 6.69. The van der Waals surface area contributed by atoms with Gasteiger partial charge in [0, 0.05) is 19.1 Å². The SMILES string of the molecule is Cc1ccc(N(C)CC2(N(C)C)CCC2)c(N)c1. The van der Waals surface area contributed by atoms with Crippen LogP contribution in [0.3, 0.4) is 0 Å². The molecule has 0 amide bonds. The molecule has 0 aromatic heterocycles. The first-order valence-electron chi connectivity index (χ1n) is 6.69. The Morgan fingerprint density at radius 3 is 2.33 bits per heavy atom. The van der Waals surface area contributed by atoms with E-state index in [1.54, 1.807) is 0 Å². The molecule has 18 heavy (non-hydrogen) atoms. The predicted octanol–water partition coefficient (Wildman–Crippen LogP) is 2.50. The zero-order valence-electron chi connectivity index (χ0n) is 12.0. The average Bonchev–Trinajstić information content (AvgIpc) is 2.22. The van der Waals surface area contributed by atoms with Crippen LogP contribution in [0.15, 0.2) is 18.2 Å². The Morgan fingerprint density at radius 2 is 1.89 bits per heavy atom. The average molecular weight is 247 g/mol. The van der Waals surface area contributed by atoms with Crippen LogP contribution in [-0.2, 0) is 0 Å². The summed E-state index contributed by atoms with van der Waals surface area (Å²) in [6, 6.07) is 6.31. The Morgan fingerprint density at radius 1 is 1.22 bits per heavy atom. The Hall–Kier alpha value is -1.22. The molecular weight excluding hydrogens is 222 g/mol. The molecule has 2 rings (SSSR count). The van der Waals surface area contributed by atoms with Crippen molar-refractivity contribution in [1.82, 2.24) is 4.90 Å². The second-order valence-corrected chi connectivity index (χ2v) is 5.89. The van der Waals surface area contributed by atoms with Crippen molar-refractivity contribution in [3.05, 3.63) is 23.8 Å². The Kier molecular flexibility index (Phi) is 3.53. The largest absolute Gasteiger partial charge is 0.397 e. The van der Waals surface area contributed by atoms with E-state index in [-0.39, 0.29) is 0 Å². The number of nitrogen functional groups attached to an aromatic ring is 1. The molecule has 1 saturated carbocycles. The molecule has 0 radical (unpaired) electrons. The zero-order chi connectivity index (χ0) is 13.3. The highest BCUT2D eigenvalue weighted by Crippen LogP contribution is 2.38. The molecule has 0 saturated heterocycles. The highest BCUT2D eigenvalue weighted by Gasteiger charge is 2.40. The number of aryl methyl sites for hydroxylation is 1. The van der Waals surface area contributed by atoms with E-state index < -0.39 is 0 Å². The zero-order valence-corrected chi connectivity index (χ0v) is 12.0. The lowest BCUT2D eigenvalue weighted by atomic mass is 9.75. The van der Waals surface area contributed by atoms with Crippen LogP contribution in [0.4, 0.5) is 11.4 Å². The van der Waals surface area contributed by atoms with Crippen LogP contribution in [0.1, 0.15) is 24.8 Å². The lowest BCUT2D eigenvalue weighted by Crippen LogP contribution is -2.56. The van der Waals surface area contributed by atoms with Gasteiger partial charge in [-0.3, -0.25) is 0 Å². The summed E-state index contributed by atoms with van der Waals surface area (Å²) in [7, 11) is 6.52. The van der Waals surface area contributed by atoms with Crippen molar-refractivity contribution in [2.45, 2.75) is 31.7 Å². The van der Waals surface area contributed by atoms with Crippen LogP contribution < -0.4 is 10.6 Å². The van der Waals surface area contributed by atoms with Gasteiger partial charge in [-0.2, -0.15) is 0 Å². The van der Waals surface area contributed by atoms with Crippen LogP contribution in [0, 0.1) is 6.92 Å². The van der Waals surface area contributed by atoms with Gasteiger partial charge in [0.05, 0.1) is 11.4 Å². The number of anilines is 2. The summed E-state index contributed by atoms with van der Waals surface area (Å²) in [5.41, 5.74) is 9.71. The van der Waals surface area contributed by atoms with E-state index in [1.807, 2.05) is 0 Å². The monoisotopic (exact) mass is 247 g/mol. The van der Waals surface area contributed by atoms with Gasteiger partial charge in [-0.05, 0) is 58.0 Å². The van der Waals surface area contributed by atoms with Crippen molar-refractivity contribution < 1.29 is 0 Å². The van der Waals surface area contributed by atoms with Gasteiger partial charge in [0.25, 0.3) is 0 Å². The number of rotatable bonds is 4. The minimum Gasteiger partial charge on any atom is -0.397 e. The third-order valence-electron chi connectivity index (χ3n) is 4.36. The second kappa shape index (κ2) is 4.81. The minimum atomic E-state index is 0.339. The summed E-state index contributed by atoms with van der Waals surface area (Å²) in [5.74, 6) is 0. The van der Waals surface area contributed by atoms with Gasteiger partial charge in [0.15, 0.2) is 0 Å². The lowest BCUT2D eigenvalue weighted by molar-refractivity contribution is 0.0683. The molecule has 3 heteroatoms. The molecule has 100 valence electrons. The van der Waals surface area contributed by atoms with E-state index in [0.717, 1.165) is 17.9 Å². The maximum Gasteiger partial charge on any atom is 0.0598 e. The first kappa shape index (κ1) is 13.2. The summed E-state index contributed by atoms with van der Waals surface area (Å²) in [4.78, 5) is 4.67. The number of benzene rings is 1. The molecule has 0 unspecified atom stereocenters. The Balaban J connectivity index is 2.14. The molecule has 1 fully saturated rings. The summed E-state index contributed by atoms with van der Waals surface area (Å²) >= 11 is 0. The molecule has 0 aliphatic heterocycles. The van der Waals surface area contributed by atoms with Crippen molar-refractivity contribution in [3.8, 4) is 0 Å². The topological polar surface area (TPSA) is 32.5 Å². The normalized spacial score (nSPS) is 17.6. The van der Waals surface area contributed by atoms with E-state index >= 15 is 0 Å². The summed E-state index contributed by atoms with van der Waals surface area (Å²) < 4.78 is 0. The maximum absolute atomic E-state index is 6.12. The third kappa shape index (κ3) is 2.32. The Bertz CT molecular complexity index is 422. The van der Waals surface area contributed by atoms with Crippen LogP contribution in [-0.4, -0.2) is 38.1 Å². The van der Waals surface area contributed by atoms with Crippen molar-refractivity contribution in [1.29, 1.82) is 0 Å². The van der Waals surface area contributed by atoms with Crippen LogP contribution in [0.2, 0.25) is 0 Å². The summed E-state index contributed by atoms with van der Waals surface area (Å²) in [5, 5.41) is 0. The molecule has 0 spiro atoms. The molecule has 0 heterocycles. The molecule has 1 aromatic carbocycles. The molecule has 0 bridgehead atoms. The van der Waals surface area contributed by atoms with Gasteiger partial charge in [-0.15, -0.1) is 0 Å². The molecule has 3 nitrogen and oxygen atoms in total. The molecule has 1 aliphatic carbocycles. The fourth-order valence-electron chi connectivity index (χ4n) is 2.88. The van der Waals surface area contributed by atoms with E-state index in [2.05, 4.69) is 56.1 Å². The van der Waals surface area contributed by atoms with Crippen LogP contribution in [0.25, 0.3) is 0 Å². The van der Waals surface area contributed by atoms with Crippen molar-refractivity contribution in [2.24, 2.45) is 0 Å². The van der Waals surface area contributed by atoms with E-state index in [4.69, 9.17) is 5.73 Å². The minimum absolute atomic E-state index is 0.339. The maximum atomic E-state index is 6.12. The van der Waals surface area contributed by atoms with Gasteiger partial charge in [0.1, 0.15) is 0 Å². The van der Waals surface area contributed by atoms with Crippen molar-refractivity contribution in [2.75, 3.05) is 38.3 Å². The first-order chi connectivity index (χ1) is 8.44. The molecule has 1 aliphatic rings. The standard InChI is InChI=1S/C15H25N3/c1-12-6-7-14(13(16)10-12)18(4)11-15(17(2)3)8-5-9-15/h6-7,10H,5,8-9,11,16H2,1-4H3. The second-order valence-electron chi connectivity index (χ2n) is 5.89. The molecule has 0 atom stereocenters. The highest BCUT2D eigenvalue weighted by atomic mass is 15.2. The van der Waals surface area contributed by atoms with Crippen LogP contribution >= 0.6 is 0 Å². The summed E-state index contributed by atoms with van der Waals surface area (Å²) in [6.07, 6.45) is 3.92. The summed E-state index contributed by atoms with van der Waals surface area (Å²) in [6.45, 7) is 3.13. The smallest absolute Gasteiger partial charge is 0.0598 e. The number of nitrogens with two attached hydrogens (primary N) is 1. The number of likely N-dealkylation sites (N-methyl/N-ethyl adjacent to an activating group) is 2. The van der Waals surface area contributed by atoms with E-state index in [9.17, 15) is 0 Å². The third-order valence-corrected chi connectivity index (χ3v) is 4.36. The van der Waals surface area contributed by atoms with Crippen molar-refractivity contribution >= 4 is 11.4 Å². The van der Waals surface area contributed by atoms with E-state index in [1.165, 1.54) is 24.8 Å². The fourth-order valence-corrected chi connectivity index (χ4v) is 2.88. The number of hydrogen-bond donors (Lipinski definition) is 1. The van der Waals surface area contributed by atoms with Gasteiger partial charge in [0.2, 0.25) is 0 Å². The van der Waals surface area contributed by atoms with Gasteiger partial charge < -0.3 is 15.5 Å². The van der Waals surface area contributed by atoms with Gasteiger partial charge in [-0.25, -0.2) is 0 Å². The lowest BCUT2D eigenvalue weighted by Gasteiger charge is -2.49. The fraction of sp³-hybridized carbons (Fsp3) is 0.600. The van der Waals surface area contributed by atoms with Crippen molar-refractivity contribution in [3.63, 3.8) is 0 Å². The Labute approximate surface area is 111 Å². The molecule has 1 aromatic rings. The highest BCUT2D eigenvalue weighted by molar-refractivity contribution is 5.68. The van der Waals surface area contributed by atoms with E-state index in [0.29, 0.717) is 5.54 Å². The quantitative estimate of drug-likeness (QED) is 0.830. The predicted molar refractivity (Wildman–Crippen MR) is 79.1 cm³/mol. The van der Waals surface area contributed by atoms with Gasteiger partial charge >= 0.3 is 0 Å². The van der Waals surface area contributed by atoms with Crippen LogP contribution in [0.5, 0.6) is 0 Å². The van der Waals surface area contributed by atoms with Gasteiger partial charge in [-0.1, -0.05) is 6.07 Å².